The molecule has 0 amide bonds. The van der Waals surface area contributed by atoms with Crippen molar-refractivity contribution in [3.63, 3.8) is 0 Å². The number of unbranched alkanes of at least 4 members (excludes halogenated alkanes) is 3. The Bertz CT molecular complexity index is 672. The molecule has 0 N–H and O–H groups in total. The van der Waals surface area contributed by atoms with E-state index in [2.05, 4.69) is 64.1 Å². The van der Waals surface area contributed by atoms with Crippen LogP contribution in [0, 0.1) is 6.92 Å². The van der Waals surface area contributed by atoms with Gasteiger partial charge < -0.3 is 0 Å². The Morgan fingerprint density at radius 2 is 1.27 bits per heavy atom. The van der Waals surface area contributed by atoms with Gasteiger partial charge in [-0.3, -0.25) is 0 Å². The van der Waals surface area contributed by atoms with Gasteiger partial charge in [0.15, 0.2) is 0 Å². The van der Waals surface area contributed by atoms with Crippen molar-refractivity contribution in [2.45, 2.75) is 85.5 Å². The number of aryl methyl sites for hydroxylation is 2. The van der Waals surface area contributed by atoms with Crippen LogP contribution in [-0.2, 0) is 19.3 Å². The van der Waals surface area contributed by atoms with E-state index in [9.17, 15) is 0 Å². The summed E-state index contributed by atoms with van der Waals surface area (Å²) in [5, 5.41) is 3.10. The second-order valence-corrected chi connectivity index (χ2v) is 8.81. The Balaban J connectivity index is 2.42. The Labute approximate surface area is 163 Å². The quantitative estimate of drug-likeness (QED) is 0.389. The van der Waals surface area contributed by atoms with Crippen molar-refractivity contribution in [1.82, 2.24) is 0 Å². The molecule has 0 aliphatic carbocycles. The van der Waals surface area contributed by atoms with Gasteiger partial charge in [-0.1, -0.05) is 85.0 Å². The summed E-state index contributed by atoms with van der Waals surface area (Å²) >= 11 is 0. The lowest BCUT2D eigenvalue weighted by molar-refractivity contribution is 0.737. The molecule has 2 aromatic carbocycles. The molecule has 0 aromatic heterocycles. The van der Waals surface area contributed by atoms with Crippen LogP contribution in [0.1, 0.15) is 81.5 Å². The third-order valence-electron chi connectivity index (χ3n) is 5.30. The average Bonchev–Trinajstić information content (AvgIpc) is 2.66. The predicted octanol–water partition coefficient (Wildman–Crippen LogP) is 6.65. The van der Waals surface area contributed by atoms with Crippen LogP contribution in [0.2, 0.25) is 0 Å². The molecule has 0 heterocycles. The van der Waals surface area contributed by atoms with Gasteiger partial charge in [0.25, 0.3) is 0 Å². The van der Waals surface area contributed by atoms with Crippen LogP contribution in [0.5, 0.6) is 0 Å². The highest BCUT2D eigenvalue weighted by atomic mass is 31.1. The maximum absolute atomic E-state index is 2.46. The zero-order chi connectivity index (χ0) is 18.8. The second kappa shape index (κ2) is 11.6. The van der Waals surface area contributed by atoms with E-state index in [4.69, 9.17) is 0 Å². The Kier molecular flexibility index (Phi) is 9.41. The van der Waals surface area contributed by atoms with E-state index < -0.39 is 0 Å². The van der Waals surface area contributed by atoms with Crippen molar-refractivity contribution < 1.29 is 0 Å². The fraction of sp³-hybridized carbons (Fsp3) is 0.520. The summed E-state index contributed by atoms with van der Waals surface area (Å²) in [6.07, 6.45) is 11.5. The summed E-state index contributed by atoms with van der Waals surface area (Å²) in [6.45, 7) is 9.19. The van der Waals surface area contributed by atoms with Gasteiger partial charge in [0.1, 0.15) is 0 Å². The van der Waals surface area contributed by atoms with Gasteiger partial charge in [-0.05, 0) is 78.3 Å². The molecule has 0 fully saturated rings. The predicted molar refractivity (Wildman–Crippen MR) is 121 cm³/mol. The molecule has 0 radical (unpaired) electrons. The first-order valence-electron chi connectivity index (χ1n) is 10.7. The zero-order valence-corrected chi connectivity index (χ0v) is 18.3. The molecule has 1 atom stereocenters. The summed E-state index contributed by atoms with van der Waals surface area (Å²) in [6, 6.07) is 13.8. The van der Waals surface area contributed by atoms with E-state index in [1.807, 2.05) is 0 Å². The molecular weight excluding hydrogens is 331 g/mol. The topological polar surface area (TPSA) is 0 Å². The van der Waals surface area contributed by atoms with Gasteiger partial charge in [-0.2, -0.15) is 0 Å². The average molecular weight is 369 g/mol. The smallest absolute Gasteiger partial charge is 0.0191 e. The van der Waals surface area contributed by atoms with E-state index in [0.29, 0.717) is 0 Å². The third kappa shape index (κ3) is 5.95. The Morgan fingerprint density at radius 1 is 0.654 bits per heavy atom. The SMILES string of the molecule is CCCCc1ccc(Pc2ccccc2C)c(CCCC)c1CCCC. The number of rotatable bonds is 11. The summed E-state index contributed by atoms with van der Waals surface area (Å²) in [7, 11) is 0.786. The lowest BCUT2D eigenvalue weighted by Gasteiger charge is -2.20. The molecule has 142 valence electrons. The Hall–Kier alpha value is -1.13. The van der Waals surface area contributed by atoms with Crippen molar-refractivity contribution in [1.29, 1.82) is 0 Å². The minimum atomic E-state index is 0.786. The molecule has 0 aliphatic heterocycles. The molecule has 0 nitrogen and oxygen atoms in total. The van der Waals surface area contributed by atoms with Crippen LogP contribution >= 0.6 is 8.58 Å². The maximum atomic E-state index is 2.46. The number of hydrogen-bond donors (Lipinski definition) is 0. The van der Waals surface area contributed by atoms with Gasteiger partial charge >= 0.3 is 0 Å². The van der Waals surface area contributed by atoms with E-state index >= 15 is 0 Å². The largest absolute Gasteiger partial charge is 0.0654 e. The molecule has 1 heteroatoms. The van der Waals surface area contributed by atoms with Crippen molar-refractivity contribution in [2.75, 3.05) is 0 Å². The first-order valence-corrected chi connectivity index (χ1v) is 11.7. The minimum absolute atomic E-state index is 0.786. The molecule has 1 unspecified atom stereocenters. The summed E-state index contributed by atoms with van der Waals surface area (Å²) < 4.78 is 0. The van der Waals surface area contributed by atoms with Crippen LogP contribution < -0.4 is 10.6 Å². The fourth-order valence-electron chi connectivity index (χ4n) is 3.62. The Morgan fingerprint density at radius 3 is 1.92 bits per heavy atom. The first kappa shape index (κ1) is 21.2. The molecule has 0 bridgehead atoms. The van der Waals surface area contributed by atoms with E-state index in [0.717, 1.165) is 8.58 Å². The second-order valence-electron chi connectivity index (χ2n) is 7.48. The van der Waals surface area contributed by atoms with Crippen molar-refractivity contribution in [3.05, 3.63) is 58.7 Å². The first-order chi connectivity index (χ1) is 12.7. The van der Waals surface area contributed by atoms with E-state index in [-0.39, 0.29) is 0 Å². The lowest BCUT2D eigenvalue weighted by Crippen LogP contribution is -2.16. The molecule has 2 rings (SSSR count). The molecule has 26 heavy (non-hydrogen) atoms. The van der Waals surface area contributed by atoms with Crippen LogP contribution in [0.4, 0.5) is 0 Å². The fourth-order valence-corrected chi connectivity index (χ4v) is 4.97. The maximum Gasteiger partial charge on any atom is -0.0191 e. The van der Waals surface area contributed by atoms with E-state index in [1.54, 1.807) is 22.0 Å². The lowest BCUT2D eigenvalue weighted by atomic mass is 9.91. The molecule has 0 saturated carbocycles. The third-order valence-corrected chi connectivity index (χ3v) is 6.87. The monoisotopic (exact) mass is 368 g/mol. The van der Waals surface area contributed by atoms with Crippen LogP contribution in [0.3, 0.4) is 0 Å². The summed E-state index contributed by atoms with van der Waals surface area (Å²) in [5.41, 5.74) is 6.45. The van der Waals surface area contributed by atoms with E-state index in [1.165, 1.54) is 68.7 Å². The van der Waals surface area contributed by atoms with Gasteiger partial charge in [0.2, 0.25) is 0 Å². The number of benzene rings is 2. The van der Waals surface area contributed by atoms with Crippen LogP contribution in [0.15, 0.2) is 36.4 Å². The molecule has 2 aromatic rings. The van der Waals surface area contributed by atoms with Crippen molar-refractivity contribution in [3.8, 4) is 0 Å². The molecule has 0 spiro atoms. The molecule has 0 saturated heterocycles. The van der Waals surface area contributed by atoms with Crippen LogP contribution in [-0.4, -0.2) is 0 Å². The van der Waals surface area contributed by atoms with Gasteiger partial charge in [-0.25, -0.2) is 0 Å². The molecule has 0 aliphatic rings. The van der Waals surface area contributed by atoms with Crippen molar-refractivity contribution in [2.24, 2.45) is 0 Å². The standard InChI is InChI=1S/C25H37P/c1-5-8-14-21-18-19-25(26-24-17-12-11-13-20(24)4)23(16-10-7-3)22(21)15-9-6-2/h11-13,17-19,26H,5-10,14-16H2,1-4H3. The van der Waals surface area contributed by atoms with Gasteiger partial charge in [0, 0.05) is 0 Å². The summed E-state index contributed by atoms with van der Waals surface area (Å²) in [4.78, 5) is 0. The van der Waals surface area contributed by atoms with Gasteiger partial charge in [0.05, 0.1) is 0 Å². The highest BCUT2D eigenvalue weighted by Gasteiger charge is 2.14. The number of hydrogen-bond acceptors (Lipinski definition) is 0. The molecular formula is C25H37P. The van der Waals surface area contributed by atoms with Crippen LogP contribution in [0.25, 0.3) is 0 Å². The van der Waals surface area contributed by atoms with Crippen molar-refractivity contribution >= 4 is 19.2 Å². The highest BCUT2D eigenvalue weighted by molar-refractivity contribution is 7.55. The normalized spacial score (nSPS) is 11.5. The summed E-state index contributed by atoms with van der Waals surface area (Å²) in [5.74, 6) is 0. The highest BCUT2D eigenvalue weighted by Crippen LogP contribution is 2.25. The zero-order valence-electron chi connectivity index (χ0n) is 17.3. The van der Waals surface area contributed by atoms with Gasteiger partial charge in [-0.15, -0.1) is 0 Å². The minimum Gasteiger partial charge on any atom is -0.0654 e.